The Labute approximate surface area is 179 Å². The maximum atomic E-state index is 13.4. The summed E-state index contributed by atoms with van der Waals surface area (Å²) in [6.45, 7) is 0.499. The lowest BCUT2D eigenvalue weighted by molar-refractivity contribution is -0.0222. The number of aromatic nitrogens is 3. The quantitative estimate of drug-likeness (QED) is 0.723. The second kappa shape index (κ2) is 8.99. The Morgan fingerprint density at radius 2 is 1.87 bits per heavy atom. The number of pyridine rings is 1. The number of rotatable bonds is 6. The summed E-state index contributed by atoms with van der Waals surface area (Å²) in [5, 5.41) is 3.42. The summed E-state index contributed by atoms with van der Waals surface area (Å²) in [5.74, 6) is -1.71. The average molecular weight is 432 g/mol. The third-order valence-corrected chi connectivity index (χ3v) is 5.76. The van der Waals surface area contributed by atoms with Gasteiger partial charge in [-0.2, -0.15) is 4.98 Å². The highest BCUT2D eigenvalue weighted by Crippen LogP contribution is 2.30. The van der Waals surface area contributed by atoms with Crippen LogP contribution in [0.4, 0.5) is 20.5 Å². The molecule has 8 nitrogen and oxygen atoms in total. The number of piperidine rings is 1. The van der Waals surface area contributed by atoms with E-state index in [1.54, 1.807) is 35.5 Å². The SMILES string of the molecule is NC(=O)c1cccnc1OC1CCC(Nc2ccnc(N3CCC(F)(F)CC3)n2)CC1. The summed E-state index contributed by atoms with van der Waals surface area (Å²) in [6.07, 6.45) is 6.15. The number of primary amides is 1. The van der Waals surface area contributed by atoms with Crippen LogP contribution in [-0.4, -0.2) is 52.0 Å². The molecule has 1 aliphatic heterocycles. The fourth-order valence-electron chi connectivity index (χ4n) is 3.98. The van der Waals surface area contributed by atoms with E-state index < -0.39 is 11.8 Å². The van der Waals surface area contributed by atoms with E-state index in [2.05, 4.69) is 20.3 Å². The minimum Gasteiger partial charge on any atom is -0.474 e. The maximum absolute atomic E-state index is 13.4. The van der Waals surface area contributed by atoms with Gasteiger partial charge in [0.1, 0.15) is 17.5 Å². The van der Waals surface area contributed by atoms with Crippen molar-refractivity contribution in [3.8, 4) is 5.88 Å². The first-order valence-electron chi connectivity index (χ1n) is 10.5. The molecule has 0 atom stereocenters. The van der Waals surface area contributed by atoms with E-state index in [0.29, 0.717) is 11.8 Å². The topological polar surface area (TPSA) is 106 Å². The highest BCUT2D eigenvalue weighted by atomic mass is 19.3. The van der Waals surface area contributed by atoms with Gasteiger partial charge in [0.2, 0.25) is 11.8 Å². The van der Waals surface area contributed by atoms with Gasteiger partial charge in [0.15, 0.2) is 0 Å². The number of hydrogen-bond acceptors (Lipinski definition) is 7. The van der Waals surface area contributed by atoms with Gasteiger partial charge in [-0.3, -0.25) is 4.79 Å². The van der Waals surface area contributed by atoms with Crippen LogP contribution in [0.15, 0.2) is 30.6 Å². The van der Waals surface area contributed by atoms with Crippen molar-refractivity contribution in [2.75, 3.05) is 23.3 Å². The molecular weight excluding hydrogens is 406 g/mol. The Balaban J connectivity index is 1.30. The van der Waals surface area contributed by atoms with Crippen LogP contribution in [0.3, 0.4) is 0 Å². The van der Waals surface area contributed by atoms with Crippen LogP contribution in [0.5, 0.6) is 5.88 Å². The number of hydrogen-bond donors (Lipinski definition) is 2. The van der Waals surface area contributed by atoms with E-state index in [9.17, 15) is 13.6 Å². The number of halogens is 2. The molecule has 0 radical (unpaired) electrons. The van der Waals surface area contributed by atoms with E-state index in [1.165, 1.54) is 0 Å². The van der Waals surface area contributed by atoms with Crippen molar-refractivity contribution in [3.05, 3.63) is 36.2 Å². The van der Waals surface area contributed by atoms with Crippen molar-refractivity contribution in [3.63, 3.8) is 0 Å². The Kier molecular flexibility index (Phi) is 6.15. The minimum absolute atomic E-state index is 0.0398. The molecule has 0 aromatic carbocycles. The van der Waals surface area contributed by atoms with E-state index in [-0.39, 0.29) is 49.5 Å². The molecule has 2 aromatic rings. The second-order valence-electron chi connectivity index (χ2n) is 8.04. The first kappa shape index (κ1) is 21.2. The molecule has 1 aliphatic carbocycles. The van der Waals surface area contributed by atoms with Crippen LogP contribution in [0.25, 0.3) is 0 Å². The number of nitrogens with zero attached hydrogens (tertiary/aromatic N) is 4. The summed E-state index contributed by atoms with van der Waals surface area (Å²) in [5.41, 5.74) is 5.67. The smallest absolute Gasteiger partial charge is 0.254 e. The number of alkyl halides is 2. The molecule has 3 heterocycles. The predicted octanol–water partition coefficient (Wildman–Crippen LogP) is 3.01. The van der Waals surface area contributed by atoms with Crippen LogP contribution < -0.4 is 20.7 Å². The van der Waals surface area contributed by atoms with Crippen molar-refractivity contribution in [2.45, 2.75) is 56.6 Å². The number of nitrogens with two attached hydrogens (primary N) is 1. The van der Waals surface area contributed by atoms with Gasteiger partial charge >= 0.3 is 0 Å². The fraction of sp³-hybridized carbons (Fsp3) is 0.524. The van der Waals surface area contributed by atoms with Gasteiger partial charge in [0.05, 0.1) is 0 Å². The zero-order chi connectivity index (χ0) is 21.8. The van der Waals surface area contributed by atoms with E-state index in [0.717, 1.165) is 25.7 Å². The molecule has 0 unspecified atom stereocenters. The van der Waals surface area contributed by atoms with Crippen molar-refractivity contribution in [1.29, 1.82) is 0 Å². The maximum Gasteiger partial charge on any atom is 0.254 e. The number of anilines is 2. The summed E-state index contributed by atoms with van der Waals surface area (Å²) in [6, 6.07) is 5.26. The molecule has 2 fully saturated rings. The molecule has 2 aromatic heterocycles. The highest BCUT2D eigenvalue weighted by Gasteiger charge is 2.35. The van der Waals surface area contributed by atoms with Gasteiger partial charge in [-0.25, -0.2) is 18.7 Å². The molecule has 0 bridgehead atoms. The van der Waals surface area contributed by atoms with Gasteiger partial charge in [-0.1, -0.05) is 0 Å². The average Bonchev–Trinajstić information content (AvgIpc) is 2.75. The molecule has 1 amide bonds. The third-order valence-electron chi connectivity index (χ3n) is 5.76. The van der Waals surface area contributed by atoms with Gasteiger partial charge in [-0.05, 0) is 43.9 Å². The molecule has 3 N–H and O–H groups in total. The van der Waals surface area contributed by atoms with Crippen molar-refractivity contribution >= 4 is 17.7 Å². The Morgan fingerprint density at radius 1 is 1.13 bits per heavy atom. The van der Waals surface area contributed by atoms with Crippen LogP contribution >= 0.6 is 0 Å². The van der Waals surface area contributed by atoms with Crippen molar-refractivity contribution in [2.24, 2.45) is 5.73 Å². The fourth-order valence-corrected chi connectivity index (χ4v) is 3.98. The minimum atomic E-state index is -2.60. The van der Waals surface area contributed by atoms with Crippen LogP contribution in [0.2, 0.25) is 0 Å². The lowest BCUT2D eigenvalue weighted by Gasteiger charge is -2.32. The van der Waals surface area contributed by atoms with Gasteiger partial charge in [-0.15, -0.1) is 0 Å². The summed E-state index contributed by atoms with van der Waals surface area (Å²) < 4.78 is 32.7. The molecule has 0 spiro atoms. The molecular formula is C21H26F2N6O2. The van der Waals surface area contributed by atoms with Gasteiger partial charge in [0, 0.05) is 44.4 Å². The standard InChI is InChI=1S/C21H26F2N6O2/c22-21(23)8-12-29(13-9-21)20-26-11-7-17(28-20)27-14-3-5-15(6-4-14)31-19-16(18(24)30)2-1-10-25-19/h1-2,7,10-11,14-15H,3-6,8-9,12-13H2,(H2,24,30)(H,26,27,28). The highest BCUT2D eigenvalue weighted by molar-refractivity contribution is 5.94. The van der Waals surface area contributed by atoms with E-state index in [4.69, 9.17) is 10.5 Å². The molecule has 1 saturated heterocycles. The van der Waals surface area contributed by atoms with Crippen molar-refractivity contribution < 1.29 is 18.3 Å². The van der Waals surface area contributed by atoms with Crippen LogP contribution in [-0.2, 0) is 0 Å². The van der Waals surface area contributed by atoms with E-state index in [1.807, 2.05) is 0 Å². The van der Waals surface area contributed by atoms with E-state index >= 15 is 0 Å². The largest absolute Gasteiger partial charge is 0.474 e. The Hall–Kier alpha value is -3.04. The molecule has 166 valence electrons. The number of amides is 1. The zero-order valence-corrected chi connectivity index (χ0v) is 17.1. The van der Waals surface area contributed by atoms with Gasteiger partial charge in [0.25, 0.3) is 11.8 Å². The zero-order valence-electron chi connectivity index (χ0n) is 17.1. The molecule has 10 heteroatoms. The molecule has 31 heavy (non-hydrogen) atoms. The number of ether oxygens (including phenoxy) is 1. The summed E-state index contributed by atoms with van der Waals surface area (Å²) in [4.78, 5) is 26.2. The Morgan fingerprint density at radius 3 is 2.58 bits per heavy atom. The molecule has 4 rings (SSSR count). The monoisotopic (exact) mass is 432 g/mol. The molecule has 1 saturated carbocycles. The second-order valence-corrected chi connectivity index (χ2v) is 8.04. The normalized spacial score (nSPS) is 23.2. The van der Waals surface area contributed by atoms with Crippen molar-refractivity contribution in [1.82, 2.24) is 15.0 Å². The first-order valence-corrected chi connectivity index (χ1v) is 10.5. The molecule has 2 aliphatic rings. The summed E-state index contributed by atoms with van der Waals surface area (Å²) >= 11 is 0. The first-order chi connectivity index (χ1) is 14.9. The summed E-state index contributed by atoms with van der Waals surface area (Å²) in [7, 11) is 0. The number of carbonyl (C=O) groups is 1. The lowest BCUT2D eigenvalue weighted by Crippen LogP contribution is -2.40. The third kappa shape index (κ3) is 5.36. The van der Waals surface area contributed by atoms with Gasteiger partial charge < -0.3 is 20.7 Å². The number of carbonyl (C=O) groups excluding carboxylic acids is 1. The van der Waals surface area contributed by atoms with Crippen LogP contribution in [0.1, 0.15) is 48.9 Å². The lowest BCUT2D eigenvalue weighted by atomic mass is 9.93. The number of nitrogens with one attached hydrogen (secondary N) is 1. The predicted molar refractivity (Wildman–Crippen MR) is 111 cm³/mol. The van der Waals surface area contributed by atoms with Crippen LogP contribution in [0, 0.1) is 0 Å². The Bertz CT molecular complexity index is 910.